The minimum atomic E-state index is -0.724. The molecular formula is C8H16Si. The van der Waals surface area contributed by atoms with Crippen molar-refractivity contribution < 1.29 is 0 Å². The zero-order valence-corrected chi connectivity index (χ0v) is 7.70. The van der Waals surface area contributed by atoms with Gasteiger partial charge < -0.3 is 0 Å². The van der Waals surface area contributed by atoms with Crippen molar-refractivity contribution in [3.63, 3.8) is 0 Å². The third kappa shape index (κ3) is 0.542. The lowest BCUT2D eigenvalue weighted by Gasteiger charge is -2.36. The zero-order valence-electron chi connectivity index (χ0n) is 6.70. The van der Waals surface area contributed by atoms with Crippen LogP contribution in [0.15, 0.2) is 0 Å². The second-order valence-electron chi connectivity index (χ2n) is 4.85. The van der Waals surface area contributed by atoms with Gasteiger partial charge in [-0.15, -0.1) is 0 Å². The highest BCUT2D eigenvalue weighted by atomic mass is 28.3. The highest BCUT2D eigenvalue weighted by Gasteiger charge is 2.66. The largest absolute Gasteiger partial charge is 0.0691 e. The van der Waals surface area contributed by atoms with E-state index in [2.05, 4.69) is 19.6 Å². The van der Waals surface area contributed by atoms with Gasteiger partial charge in [0.05, 0.1) is 8.07 Å². The van der Waals surface area contributed by atoms with E-state index in [4.69, 9.17) is 0 Å². The molecule has 2 aliphatic carbocycles. The number of hydrogen-bond acceptors (Lipinski definition) is 0. The summed E-state index contributed by atoms with van der Waals surface area (Å²) in [5, 5.41) is 0.965. The topological polar surface area (TPSA) is 0 Å². The van der Waals surface area contributed by atoms with Crippen LogP contribution < -0.4 is 0 Å². The third-order valence-corrected chi connectivity index (χ3v) is 7.51. The van der Waals surface area contributed by atoms with E-state index in [1.165, 1.54) is 5.92 Å². The van der Waals surface area contributed by atoms with Crippen molar-refractivity contribution >= 4 is 8.07 Å². The summed E-state index contributed by atoms with van der Waals surface area (Å²) in [6.07, 6.45) is 4.74. The Balaban J connectivity index is 2.15. The maximum atomic E-state index is 2.53. The van der Waals surface area contributed by atoms with Gasteiger partial charge in [0.1, 0.15) is 0 Å². The molecule has 0 aliphatic heterocycles. The fourth-order valence-electron chi connectivity index (χ4n) is 2.58. The summed E-state index contributed by atoms with van der Waals surface area (Å²) in [6, 6.07) is 0. The molecule has 0 saturated heterocycles. The van der Waals surface area contributed by atoms with Crippen LogP contribution in [0.3, 0.4) is 0 Å². The quantitative estimate of drug-likeness (QED) is 0.491. The van der Waals surface area contributed by atoms with E-state index in [1.54, 1.807) is 19.3 Å². The van der Waals surface area contributed by atoms with Gasteiger partial charge in [-0.05, 0) is 30.2 Å². The lowest BCUT2D eigenvalue weighted by atomic mass is 10.00. The van der Waals surface area contributed by atoms with Gasteiger partial charge >= 0.3 is 0 Å². The first kappa shape index (κ1) is 5.96. The molecule has 0 bridgehead atoms. The maximum Gasteiger partial charge on any atom is 0.0509 e. The molecule has 2 fully saturated rings. The first-order chi connectivity index (χ1) is 4.06. The van der Waals surface area contributed by atoms with Crippen molar-refractivity contribution in [1.29, 1.82) is 0 Å². The van der Waals surface area contributed by atoms with Gasteiger partial charge in [0, 0.05) is 0 Å². The molecule has 2 saturated carbocycles. The first-order valence-corrected chi connectivity index (χ1v) is 7.56. The van der Waals surface area contributed by atoms with Gasteiger partial charge in [-0.2, -0.15) is 0 Å². The number of fused-ring (bicyclic) bond motifs is 1. The van der Waals surface area contributed by atoms with Gasteiger partial charge in [-0.1, -0.05) is 19.6 Å². The molecular weight excluding hydrogens is 124 g/mol. The van der Waals surface area contributed by atoms with Crippen LogP contribution in [0.5, 0.6) is 0 Å². The summed E-state index contributed by atoms with van der Waals surface area (Å²) in [4.78, 5) is 0. The molecule has 0 heterocycles. The second-order valence-corrected chi connectivity index (χ2v) is 10.3. The third-order valence-electron chi connectivity index (χ3n) is 3.66. The summed E-state index contributed by atoms with van der Waals surface area (Å²) < 4.78 is 0. The lowest BCUT2D eigenvalue weighted by molar-refractivity contribution is 0.470. The molecule has 9 heavy (non-hydrogen) atoms. The molecule has 0 N–H and O–H groups in total. The molecule has 0 radical (unpaired) electrons. The van der Waals surface area contributed by atoms with E-state index < -0.39 is 8.07 Å². The summed E-state index contributed by atoms with van der Waals surface area (Å²) in [7, 11) is -0.724. The van der Waals surface area contributed by atoms with Crippen LogP contribution >= 0.6 is 0 Å². The van der Waals surface area contributed by atoms with E-state index in [0.29, 0.717) is 0 Å². The average molecular weight is 140 g/mol. The molecule has 0 aromatic carbocycles. The van der Waals surface area contributed by atoms with Crippen LogP contribution in [0.1, 0.15) is 19.3 Å². The van der Waals surface area contributed by atoms with E-state index in [0.717, 1.165) is 5.04 Å². The fourth-order valence-corrected chi connectivity index (χ4v) is 5.70. The molecule has 2 aliphatic rings. The Kier molecular flexibility index (Phi) is 0.854. The normalized spacial score (nSPS) is 47.7. The molecule has 0 nitrogen and oxygen atoms in total. The van der Waals surface area contributed by atoms with E-state index in [9.17, 15) is 0 Å². The first-order valence-electron chi connectivity index (χ1n) is 4.06. The minimum absolute atomic E-state index is 0.724. The van der Waals surface area contributed by atoms with E-state index in [1.807, 2.05) is 0 Å². The Morgan fingerprint density at radius 2 is 2.00 bits per heavy atom. The van der Waals surface area contributed by atoms with Crippen molar-refractivity contribution in [2.45, 2.75) is 43.9 Å². The SMILES string of the molecule is C[Si](C)(C)[C@@]12CC[C@@H]1C2. The Hall–Kier alpha value is 0.217. The molecule has 0 spiro atoms. The number of rotatable bonds is 1. The summed E-state index contributed by atoms with van der Waals surface area (Å²) in [5.41, 5.74) is 0. The van der Waals surface area contributed by atoms with Gasteiger partial charge in [-0.25, -0.2) is 0 Å². The predicted octanol–water partition coefficient (Wildman–Crippen LogP) is 2.88. The Labute approximate surface area is 58.7 Å². The second kappa shape index (κ2) is 1.29. The lowest BCUT2D eigenvalue weighted by Crippen LogP contribution is -2.35. The predicted molar refractivity (Wildman–Crippen MR) is 43.4 cm³/mol. The monoisotopic (exact) mass is 140 g/mol. The fraction of sp³-hybridized carbons (Fsp3) is 1.00. The molecule has 0 amide bonds. The number of hydrogen-bond donors (Lipinski definition) is 0. The van der Waals surface area contributed by atoms with E-state index >= 15 is 0 Å². The Bertz CT molecular complexity index is 141. The van der Waals surface area contributed by atoms with Crippen LogP contribution in [0, 0.1) is 5.92 Å². The molecule has 0 unspecified atom stereocenters. The van der Waals surface area contributed by atoms with Gasteiger partial charge in [0.2, 0.25) is 0 Å². The van der Waals surface area contributed by atoms with Crippen molar-refractivity contribution in [2.75, 3.05) is 0 Å². The zero-order chi connectivity index (χ0) is 6.70. The van der Waals surface area contributed by atoms with Crippen LogP contribution in [0.25, 0.3) is 0 Å². The van der Waals surface area contributed by atoms with Crippen LogP contribution in [0.2, 0.25) is 24.7 Å². The standard InChI is InChI=1S/C8H16Si/c1-9(2,3)8-5-4-7(8)6-8/h7H,4-6H2,1-3H3/t7-,8-/m1/s1. The summed E-state index contributed by atoms with van der Waals surface area (Å²) in [5.74, 6) is 1.20. The molecule has 1 heteroatoms. The Morgan fingerprint density at radius 1 is 1.33 bits per heavy atom. The molecule has 0 aromatic heterocycles. The molecule has 2 atom stereocenters. The summed E-state index contributed by atoms with van der Waals surface area (Å²) >= 11 is 0. The molecule has 52 valence electrons. The van der Waals surface area contributed by atoms with Crippen molar-refractivity contribution in [2.24, 2.45) is 5.92 Å². The van der Waals surface area contributed by atoms with Crippen molar-refractivity contribution in [3.05, 3.63) is 0 Å². The van der Waals surface area contributed by atoms with Crippen molar-refractivity contribution in [1.82, 2.24) is 0 Å². The van der Waals surface area contributed by atoms with Crippen molar-refractivity contribution in [3.8, 4) is 0 Å². The summed E-state index contributed by atoms with van der Waals surface area (Å²) in [6.45, 7) is 7.60. The van der Waals surface area contributed by atoms with Gasteiger partial charge in [0.15, 0.2) is 0 Å². The van der Waals surface area contributed by atoms with Crippen LogP contribution in [-0.4, -0.2) is 8.07 Å². The van der Waals surface area contributed by atoms with Crippen LogP contribution in [0.4, 0.5) is 0 Å². The van der Waals surface area contributed by atoms with Crippen LogP contribution in [-0.2, 0) is 0 Å². The van der Waals surface area contributed by atoms with E-state index in [-0.39, 0.29) is 0 Å². The van der Waals surface area contributed by atoms with Gasteiger partial charge in [-0.3, -0.25) is 0 Å². The van der Waals surface area contributed by atoms with Gasteiger partial charge in [0.25, 0.3) is 0 Å². The highest BCUT2D eigenvalue weighted by Crippen LogP contribution is 2.78. The molecule has 2 rings (SSSR count). The smallest absolute Gasteiger partial charge is 0.0509 e. The minimum Gasteiger partial charge on any atom is -0.0691 e. The molecule has 0 aromatic rings. The highest BCUT2D eigenvalue weighted by molar-refractivity contribution is 6.80. The Morgan fingerprint density at radius 3 is 2.00 bits per heavy atom. The maximum absolute atomic E-state index is 2.53. The average Bonchev–Trinajstić information content (AvgIpc) is 2.06.